The lowest BCUT2D eigenvalue weighted by Crippen LogP contribution is -2.47. The third kappa shape index (κ3) is 5.11. The van der Waals surface area contributed by atoms with Crippen molar-refractivity contribution in [3.05, 3.63) is 77.1 Å². The van der Waals surface area contributed by atoms with Crippen molar-refractivity contribution in [2.24, 2.45) is 0 Å². The summed E-state index contributed by atoms with van der Waals surface area (Å²) in [4.78, 5) is 31.4. The average Bonchev–Trinajstić information content (AvgIpc) is 3.47. The zero-order valence-electron chi connectivity index (χ0n) is 18.9. The topological polar surface area (TPSA) is 104 Å². The summed E-state index contributed by atoms with van der Waals surface area (Å²) in [7, 11) is 0. The molecule has 3 heterocycles. The van der Waals surface area contributed by atoms with Gasteiger partial charge in [0.15, 0.2) is 0 Å². The largest absolute Gasteiger partial charge is 0.342 e. The molecule has 178 valence electrons. The van der Waals surface area contributed by atoms with Gasteiger partial charge in [0.2, 0.25) is 17.8 Å². The first kappa shape index (κ1) is 23.5. The number of nitrogens with one attached hydrogen (secondary N) is 2. The highest BCUT2D eigenvalue weighted by Crippen LogP contribution is 2.27. The summed E-state index contributed by atoms with van der Waals surface area (Å²) in [5, 5.41) is 12.8. The lowest BCUT2D eigenvalue weighted by Gasteiger charge is -2.26. The number of benzene rings is 1. The number of H-pyrrole nitrogens is 1. The molecule has 1 fully saturated rings. The number of carbonyl (C=O) groups excluding carboxylic acids is 2. The maximum Gasteiger partial charge on any atom is 0.243 e. The Morgan fingerprint density at radius 2 is 1.97 bits per heavy atom. The molecule has 0 radical (unpaired) electrons. The second-order valence-corrected chi connectivity index (χ2v) is 8.66. The van der Waals surface area contributed by atoms with Crippen LogP contribution in [0, 0.1) is 5.95 Å². The van der Waals surface area contributed by atoms with Gasteiger partial charge in [0.05, 0.1) is 36.6 Å². The van der Waals surface area contributed by atoms with Crippen molar-refractivity contribution in [2.45, 2.75) is 50.9 Å². The molecule has 1 aliphatic rings. The number of likely N-dealkylation sites (tertiary alicyclic amines) is 1. The van der Waals surface area contributed by atoms with Crippen LogP contribution in [-0.4, -0.2) is 55.9 Å². The van der Waals surface area contributed by atoms with Crippen molar-refractivity contribution in [3.8, 4) is 0 Å². The van der Waals surface area contributed by atoms with Gasteiger partial charge in [-0.1, -0.05) is 50.2 Å². The zero-order valence-corrected chi connectivity index (χ0v) is 18.9. The van der Waals surface area contributed by atoms with Crippen molar-refractivity contribution < 1.29 is 18.4 Å². The molecule has 1 aromatic carbocycles. The van der Waals surface area contributed by atoms with Gasteiger partial charge >= 0.3 is 0 Å². The second-order valence-electron chi connectivity index (χ2n) is 8.66. The molecule has 3 atom stereocenters. The molecule has 4 rings (SSSR count). The Balaban J connectivity index is 1.59. The van der Waals surface area contributed by atoms with Crippen LogP contribution in [0.25, 0.3) is 0 Å². The van der Waals surface area contributed by atoms with Crippen molar-refractivity contribution in [3.63, 3.8) is 0 Å². The number of halogens is 2. The number of aromatic nitrogens is 4. The average molecular weight is 469 g/mol. The fraction of sp³-hybridized carbons (Fsp3) is 0.375. The Hall–Kier alpha value is -3.69. The van der Waals surface area contributed by atoms with Crippen molar-refractivity contribution in [2.75, 3.05) is 6.54 Å². The lowest BCUT2D eigenvalue weighted by molar-refractivity contribution is -0.138. The Morgan fingerprint density at radius 1 is 1.21 bits per heavy atom. The van der Waals surface area contributed by atoms with Gasteiger partial charge in [-0.05, 0) is 17.5 Å². The Bertz CT molecular complexity index is 1140. The van der Waals surface area contributed by atoms with E-state index in [1.807, 2.05) is 19.9 Å². The van der Waals surface area contributed by atoms with Gasteiger partial charge in [-0.15, -0.1) is 0 Å². The molecule has 0 saturated carbocycles. The molecule has 10 heteroatoms. The Kier molecular flexibility index (Phi) is 6.95. The van der Waals surface area contributed by atoms with Gasteiger partial charge in [-0.2, -0.15) is 19.8 Å². The number of nitrogens with zero attached hydrogens (tertiary/aromatic N) is 4. The molecule has 0 aliphatic carbocycles. The van der Waals surface area contributed by atoms with Gasteiger partial charge in [0.1, 0.15) is 12.2 Å². The number of pyridine rings is 1. The predicted octanol–water partition coefficient (Wildman–Crippen LogP) is 2.85. The summed E-state index contributed by atoms with van der Waals surface area (Å²) >= 11 is 0. The summed E-state index contributed by atoms with van der Waals surface area (Å²) in [5.41, 5.74) is 1.88. The minimum Gasteiger partial charge on any atom is -0.342 e. The zero-order chi connectivity index (χ0) is 24.2. The molecule has 0 spiro atoms. The van der Waals surface area contributed by atoms with E-state index in [1.165, 1.54) is 11.1 Å². The van der Waals surface area contributed by atoms with E-state index in [0.717, 1.165) is 0 Å². The van der Waals surface area contributed by atoms with Crippen LogP contribution in [0.2, 0.25) is 0 Å². The van der Waals surface area contributed by atoms with Crippen LogP contribution in [0.4, 0.5) is 8.78 Å². The van der Waals surface area contributed by atoms with Gasteiger partial charge in [0.25, 0.3) is 0 Å². The molecule has 2 aromatic heterocycles. The van der Waals surface area contributed by atoms with Gasteiger partial charge in [0, 0.05) is 12.0 Å². The minimum atomic E-state index is -1.33. The lowest BCUT2D eigenvalue weighted by atomic mass is 9.99. The van der Waals surface area contributed by atoms with E-state index in [-0.39, 0.29) is 25.3 Å². The minimum absolute atomic E-state index is 0.0458. The fourth-order valence-electron chi connectivity index (χ4n) is 4.14. The SMILES string of the molecule is CC(C)c1ccc([C@@H](NC(=O)C2CC(F)CN2C(=O)Cc2cn[nH]n2)c2ccccc2)nc1F. The molecule has 34 heavy (non-hydrogen) atoms. The molecule has 2 unspecified atom stereocenters. The molecule has 0 bridgehead atoms. The molecule has 2 N–H and O–H groups in total. The standard InChI is InChI=1S/C24H26F2N6O2/c1-14(2)18-8-9-19(28-23(18)26)22(15-6-4-3-5-7-15)29-24(34)20-10-16(25)13-32(20)21(33)11-17-12-27-31-30-17/h3-9,12,14,16,20,22H,10-11,13H2,1-2H3,(H,29,34)(H,27,30,31)/t16?,20?,22-/m0/s1. The summed E-state index contributed by atoms with van der Waals surface area (Å²) in [6.07, 6.45) is -0.138. The first-order valence-electron chi connectivity index (χ1n) is 11.1. The first-order chi connectivity index (χ1) is 16.3. The Morgan fingerprint density at radius 3 is 2.62 bits per heavy atom. The normalized spacial score (nSPS) is 18.8. The van der Waals surface area contributed by atoms with Crippen molar-refractivity contribution >= 4 is 11.8 Å². The molecule has 2 amide bonds. The quantitative estimate of drug-likeness (QED) is 0.519. The Labute approximate surface area is 195 Å². The van der Waals surface area contributed by atoms with Crippen LogP contribution in [0.3, 0.4) is 0 Å². The first-order valence-corrected chi connectivity index (χ1v) is 11.1. The number of hydrogen-bond acceptors (Lipinski definition) is 5. The van der Waals surface area contributed by atoms with Gasteiger partial charge in [-0.25, -0.2) is 9.37 Å². The van der Waals surface area contributed by atoms with Crippen molar-refractivity contribution in [1.29, 1.82) is 0 Å². The molecule has 1 aliphatic heterocycles. The molecule has 8 nitrogen and oxygen atoms in total. The fourth-order valence-corrected chi connectivity index (χ4v) is 4.14. The van der Waals surface area contributed by atoms with E-state index in [2.05, 4.69) is 25.7 Å². The maximum absolute atomic E-state index is 14.7. The van der Waals surface area contributed by atoms with Crippen LogP contribution < -0.4 is 5.32 Å². The van der Waals surface area contributed by atoms with Crippen LogP contribution in [0.5, 0.6) is 0 Å². The van der Waals surface area contributed by atoms with E-state index >= 15 is 0 Å². The van der Waals surface area contributed by atoms with Crippen LogP contribution >= 0.6 is 0 Å². The summed E-state index contributed by atoms with van der Waals surface area (Å²) in [5.74, 6) is -1.60. The molecule has 3 aromatic rings. The third-order valence-corrected chi connectivity index (χ3v) is 5.91. The molecular weight excluding hydrogens is 442 g/mol. The van der Waals surface area contributed by atoms with Crippen LogP contribution in [-0.2, 0) is 16.0 Å². The number of carbonyl (C=O) groups is 2. The smallest absolute Gasteiger partial charge is 0.243 e. The molecule has 1 saturated heterocycles. The maximum atomic E-state index is 14.7. The van der Waals surface area contributed by atoms with E-state index in [4.69, 9.17) is 0 Å². The predicted molar refractivity (Wildman–Crippen MR) is 120 cm³/mol. The van der Waals surface area contributed by atoms with Crippen LogP contribution in [0.15, 0.2) is 48.7 Å². The second kappa shape index (κ2) is 10.1. The van der Waals surface area contributed by atoms with E-state index < -0.39 is 36.0 Å². The number of amides is 2. The van der Waals surface area contributed by atoms with Crippen LogP contribution in [0.1, 0.15) is 54.7 Å². The number of rotatable bonds is 7. The van der Waals surface area contributed by atoms with Gasteiger partial charge < -0.3 is 10.2 Å². The van der Waals surface area contributed by atoms with E-state index in [9.17, 15) is 18.4 Å². The summed E-state index contributed by atoms with van der Waals surface area (Å²) < 4.78 is 29.0. The van der Waals surface area contributed by atoms with Crippen molar-refractivity contribution in [1.82, 2.24) is 30.6 Å². The third-order valence-electron chi connectivity index (χ3n) is 5.91. The highest BCUT2D eigenvalue weighted by Gasteiger charge is 2.40. The monoisotopic (exact) mass is 468 g/mol. The highest BCUT2D eigenvalue weighted by atomic mass is 19.1. The number of hydrogen-bond donors (Lipinski definition) is 2. The highest BCUT2D eigenvalue weighted by molar-refractivity contribution is 5.89. The summed E-state index contributed by atoms with van der Waals surface area (Å²) in [6.45, 7) is 3.56. The summed E-state index contributed by atoms with van der Waals surface area (Å²) in [6, 6.07) is 10.6. The van der Waals surface area contributed by atoms with Gasteiger partial charge in [-0.3, -0.25) is 9.59 Å². The number of alkyl halides is 1. The number of aromatic amines is 1. The molecular formula is C24H26F2N6O2. The van der Waals surface area contributed by atoms with E-state index in [0.29, 0.717) is 22.5 Å². The van der Waals surface area contributed by atoms with E-state index in [1.54, 1.807) is 36.4 Å².